The van der Waals surface area contributed by atoms with E-state index in [9.17, 15) is 4.79 Å². The number of aromatic nitrogens is 5. The average Bonchev–Trinajstić information content (AvgIpc) is 3.06. The molecular formula is C16H18N6O2S2. The predicted molar refractivity (Wildman–Crippen MR) is 97.7 cm³/mol. The molecule has 2 N–H and O–H groups in total. The van der Waals surface area contributed by atoms with Crippen molar-refractivity contribution in [3.8, 4) is 10.7 Å². The van der Waals surface area contributed by atoms with E-state index < -0.39 is 0 Å². The summed E-state index contributed by atoms with van der Waals surface area (Å²) in [7, 11) is 0. The van der Waals surface area contributed by atoms with E-state index in [1.54, 1.807) is 11.3 Å². The number of thiophene rings is 1. The van der Waals surface area contributed by atoms with Crippen LogP contribution in [0, 0.1) is 0 Å². The summed E-state index contributed by atoms with van der Waals surface area (Å²) in [5.41, 5.74) is 5.31. The van der Waals surface area contributed by atoms with Crippen molar-refractivity contribution in [3.05, 3.63) is 29.2 Å². The Balaban J connectivity index is 1.52. The normalized spacial score (nSPS) is 15.3. The summed E-state index contributed by atoms with van der Waals surface area (Å²) >= 11 is 3.06. The minimum atomic E-state index is -0.332. The number of hydrogen-bond acceptors (Lipinski definition) is 8. The maximum atomic E-state index is 11.2. The van der Waals surface area contributed by atoms with Crippen molar-refractivity contribution < 1.29 is 9.32 Å². The Morgan fingerprint density at radius 3 is 3.04 bits per heavy atom. The molecule has 4 rings (SSSR count). The van der Waals surface area contributed by atoms with Gasteiger partial charge >= 0.3 is 0 Å². The van der Waals surface area contributed by atoms with E-state index in [4.69, 9.17) is 10.3 Å². The molecular weight excluding hydrogens is 372 g/mol. The number of amides is 1. The van der Waals surface area contributed by atoms with Crippen molar-refractivity contribution >= 4 is 29.0 Å². The van der Waals surface area contributed by atoms with Gasteiger partial charge in [0.05, 0.1) is 10.1 Å². The minimum Gasteiger partial charge on any atom is -0.370 e. The van der Waals surface area contributed by atoms with Crippen LogP contribution < -0.4 is 5.73 Å². The second kappa shape index (κ2) is 7.20. The number of nitrogens with two attached hydrogens (primary N) is 1. The van der Waals surface area contributed by atoms with E-state index in [-0.39, 0.29) is 17.6 Å². The van der Waals surface area contributed by atoms with Gasteiger partial charge in [0.25, 0.3) is 0 Å². The first-order chi connectivity index (χ1) is 12.6. The lowest BCUT2D eigenvalue weighted by Crippen LogP contribution is -2.15. The van der Waals surface area contributed by atoms with E-state index in [2.05, 4.69) is 20.3 Å². The Kier molecular flexibility index (Phi) is 4.77. The summed E-state index contributed by atoms with van der Waals surface area (Å²) < 4.78 is 7.42. The highest BCUT2D eigenvalue weighted by Crippen LogP contribution is 2.41. The van der Waals surface area contributed by atoms with Crippen molar-refractivity contribution in [2.75, 3.05) is 0 Å². The Morgan fingerprint density at radius 1 is 1.50 bits per heavy atom. The lowest BCUT2D eigenvalue weighted by atomic mass is 10.3. The molecule has 1 amide bonds. The molecule has 3 heterocycles. The second-order valence-corrected chi connectivity index (χ2v) is 8.43. The van der Waals surface area contributed by atoms with Crippen molar-refractivity contribution in [1.82, 2.24) is 24.9 Å². The standard InChI is InChI=1S/C16H18N6O2S2/c1-9(15-18-13(21-24-15)11-3-2-8-25-11)26-16-20-19-14(10-4-5-10)22(16)7-6-12(17)23/h2-3,8-10H,4-7H2,1H3,(H2,17,23). The molecule has 136 valence electrons. The van der Waals surface area contributed by atoms with Crippen molar-refractivity contribution in [2.24, 2.45) is 5.73 Å². The number of primary amides is 1. The zero-order valence-corrected chi connectivity index (χ0v) is 15.8. The number of hydrogen-bond donors (Lipinski definition) is 1. The Morgan fingerprint density at radius 2 is 2.35 bits per heavy atom. The molecule has 1 fully saturated rings. The molecule has 3 aromatic heterocycles. The Bertz CT molecular complexity index is 900. The van der Waals surface area contributed by atoms with Gasteiger partial charge in [-0.15, -0.1) is 21.5 Å². The molecule has 1 aliphatic rings. The molecule has 1 saturated carbocycles. The molecule has 0 aliphatic heterocycles. The molecule has 0 aromatic carbocycles. The SMILES string of the molecule is CC(Sc1nnc(C2CC2)n1CCC(N)=O)c1nc(-c2cccs2)no1. The first-order valence-corrected chi connectivity index (χ1v) is 10.1. The van der Waals surface area contributed by atoms with Gasteiger partial charge in [-0.05, 0) is 31.2 Å². The molecule has 0 saturated heterocycles. The van der Waals surface area contributed by atoms with Gasteiger partial charge in [-0.3, -0.25) is 4.79 Å². The molecule has 1 aliphatic carbocycles. The van der Waals surface area contributed by atoms with Crippen LogP contribution in [0.4, 0.5) is 0 Å². The number of thioether (sulfide) groups is 1. The van der Waals surface area contributed by atoms with Crippen LogP contribution in [-0.2, 0) is 11.3 Å². The number of nitrogens with zero attached hydrogens (tertiary/aromatic N) is 5. The Labute approximate surface area is 158 Å². The van der Waals surface area contributed by atoms with Crippen LogP contribution in [0.5, 0.6) is 0 Å². The summed E-state index contributed by atoms with van der Waals surface area (Å²) in [4.78, 5) is 16.6. The van der Waals surface area contributed by atoms with Crippen LogP contribution in [0.1, 0.15) is 49.1 Å². The van der Waals surface area contributed by atoms with E-state index in [0.29, 0.717) is 24.2 Å². The average molecular weight is 390 g/mol. The lowest BCUT2D eigenvalue weighted by molar-refractivity contribution is -0.118. The first kappa shape index (κ1) is 17.2. The van der Waals surface area contributed by atoms with Crippen LogP contribution in [0.15, 0.2) is 27.2 Å². The largest absolute Gasteiger partial charge is 0.370 e. The van der Waals surface area contributed by atoms with Crippen molar-refractivity contribution in [2.45, 2.75) is 49.1 Å². The summed E-state index contributed by atoms with van der Waals surface area (Å²) in [6.45, 7) is 2.48. The van der Waals surface area contributed by atoms with Gasteiger partial charge in [-0.1, -0.05) is 23.0 Å². The van der Waals surface area contributed by atoms with Crippen LogP contribution in [-0.4, -0.2) is 30.8 Å². The van der Waals surface area contributed by atoms with Gasteiger partial charge in [0.2, 0.25) is 17.6 Å². The topological polar surface area (TPSA) is 113 Å². The summed E-state index contributed by atoms with van der Waals surface area (Å²) in [5.74, 6) is 2.17. The second-order valence-electron chi connectivity index (χ2n) is 6.18. The monoisotopic (exact) mass is 390 g/mol. The molecule has 10 heteroatoms. The van der Waals surface area contributed by atoms with Crippen LogP contribution in [0.25, 0.3) is 10.7 Å². The summed E-state index contributed by atoms with van der Waals surface area (Å²) in [5, 5.41) is 15.3. The minimum absolute atomic E-state index is 0.0835. The molecule has 1 atom stereocenters. The van der Waals surface area contributed by atoms with Crippen molar-refractivity contribution in [1.29, 1.82) is 0 Å². The van der Waals surface area contributed by atoms with E-state index in [1.165, 1.54) is 11.8 Å². The lowest BCUT2D eigenvalue weighted by Gasteiger charge is -2.10. The van der Waals surface area contributed by atoms with Crippen LogP contribution in [0.2, 0.25) is 0 Å². The molecule has 3 aromatic rings. The number of carbonyl (C=O) groups is 1. The highest BCUT2D eigenvalue weighted by atomic mass is 32.2. The van der Waals surface area contributed by atoms with Gasteiger partial charge in [0, 0.05) is 18.9 Å². The third-order valence-corrected chi connectivity index (χ3v) is 6.02. The zero-order chi connectivity index (χ0) is 18.1. The van der Waals surface area contributed by atoms with E-state index in [0.717, 1.165) is 28.7 Å². The van der Waals surface area contributed by atoms with Gasteiger partial charge < -0.3 is 14.8 Å². The molecule has 0 radical (unpaired) electrons. The van der Waals surface area contributed by atoms with Gasteiger partial charge in [0.15, 0.2) is 5.16 Å². The molecule has 26 heavy (non-hydrogen) atoms. The maximum Gasteiger partial charge on any atom is 0.240 e. The van der Waals surface area contributed by atoms with Crippen LogP contribution in [0.3, 0.4) is 0 Å². The summed E-state index contributed by atoms with van der Waals surface area (Å²) in [6.07, 6.45) is 2.49. The fourth-order valence-corrected chi connectivity index (χ4v) is 4.14. The highest BCUT2D eigenvalue weighted by molar-refractivity contribution is 7.99. The zero-order valence-electron chi connectivity index (χ0n) is 14.2. The molecule has 0 spiro atoms. The maximum absolute atomic E-state index is 11.2. The number of carbonyl (C=O) groups excluding carboxylic acids is 1. The molecule has 8 nitrogen and oxygen atoms in total. The third kappa shape index (κ3) is 3.65. The quantitative estimate of drug-likeness (QED) is 0.588. The van der Waals surface area contributed by atoms with E-state index >= 15 is 0 Å². The first-order valence-electron chi connectivity index (χ1n) is 8.37. The third-order valence-electron chi connectivity index (χ3n) is 4.08. The molecule has 1 unspecified atom stereocenters. The van der Waals surface area contributed by atoms with Crippen LogP contribution >= 0.6 is 23.1 Å². The van der Waals surface area contributed by atoms with Gasteiger partial charge in [0.1, 0.15) is 5.82 Å². The fraction of sp³-hybridized carbons (Fsp3) is 0.438. The number of rotatable bonds is 8. The molecule has 0 bridgehead atoms. The fourth-order valence-electron chi connectivity index (χ4n) is 2.58. The predicted octanol–water partition coefficient (Wildman–Crippen LogP) is 3.00. The smallest absolute Gasteiger partial charge is 0.240 e. The summed E-state index contributed by atoms with van der Waals surface area (Å²) in [6, 6.07) is 3.91. The van der Waals surface area contributed by atoms with E-state index in [1.807, 2.05) is 29.0 Å². The highest BCUT2D eigenvalue weighted by Gasteiger charge is 2.31. The van der Waals surface area contributed by atoms with Gasteiger partial charge in [-0.25, -0.2) is 0 Å². The van der Waals surface area contributed by atoms with Crippen molar-refractivity contribution in [3.63, 3.8) is 0 Å². The Hall–Kier alpha value is -2.20. The van der Waals surface area contributed by atoms with Gasteiger partial charge in [-0.2, -0.15) is 4.98 Å².